The molecule has 2 heteroatoms. The lowest BCUT2D eigenvalue weighted by Gasteiger charge is -2.23. The Hall–Kier alpha value is -1.64. The van der Waals surface area contributed by atoms with Gasteiger partial charge in [0.25, 0.3) is 0 Å². The first kappa shape index (κ1) is 14.3. The molecular weight excluding hydrogens is 256 g/mol. The number of rotatable bonds is 6. The molecule has 0 aliphatic heterocycles. The molecule has 110 valence electrons. The number of hydrazine groups is 1. The summed E-state index contributed by atoms with van der Waals surface area (Å²) in [6, 6.07) is 19.9. The predicted octanol–water partition coefficient (Wildman–Crippen LogP) is 3.57. The van der Waals surface area contributed by atoms with Gasteiger partial charge >= 0.3 is 0 Å². The van der Waals surface area contributed by atoms with Crippen molar-refractivity contribution in [2.24, 2.45) is 5.84 Å². The maximum atomic E-state index is 5.84. The molecule has 0 heterocycles. The van der Waals surface area contributed by atoms with Gasteiger partial charge in [-0.1, -0.05) is 54.6 Å². The van der Waals surface area contributed by atoms with Gasteiger partial charge in [-0.2, -0.15) is 0 Å². The van der Waals surface area contributed by atoms with E-state index in [0.717, 1.165) is 12.8 Å². The summed E-state index contributed by atoms with van der Waals surface area (Å²) in [5.74, 6) is 6.41. The van der Waals surface area contributed by atoms with Gasteiger partial charge in [-0.15, -0.1) is 0 Å². The highest BCUT2D eigenvalue weighted by atomic mass is 15.2. The summed E-state index contributed by atoms with van der Waals surface area (Å²) in [5.41, 5.74) is 7.49. The molecule has 21 heavy (non-hydrogen) atoms. The van der Waals surface area contributed by atoms with Crippen molar-refractivity contribution in [3.8, 4) is 0 Å². The Balaban J connectivity index is 1.59. The molecule has 0 aromatic heterocycles. The summed E-state index contributed by atoms with van der Waals surface area (Å²) in [7, 11) is 0. The first-order valence-corrected chi connectivity index (χ1v) is 7.96. The summed E-state index contributed by atoms with van der Waals surface area (Å²) in [4.78, 5) is 0. The minimum atomic E-state index is 0.386. The quantitative estimate of drug-likeness (QED) is 0.627. The summed E-state index contributed by atoms with van der Waals surface area (Å²) < 4.78 is 0. The normalized spacial score (nSPS) is 18.4. The zero-order chi connectivity index (χ0) is 14.5. The van der Waals surface area contributed by atoms with Crippen LogP contribution in [0.15, 0.2) is 54.6 Å². The van der Waals surface area contributed by atoms with Crippen LogP contribution in [0.1, 0.15) is 41.9 Å². The van der Waals surface area contributed by atoms with Crippen molar-refractivity contribution >= 4 is 0 Å². The molecule has 0 radical (unpaired) electrons. The molecule has 0 saturated carbocycles. The van der Waals surface area contributed by atoms with Gasteiger partial charge in [0, 0.05) is 12.0 Å². The van der Waals surface area contributed by atoms with E-state index in [1.807, 2.05) is 0 Å². The highest BCUT2D eigenvalue weighted by molar-refractivity contribution is 5.36. The molecule has 2 aromatic carbocycles. The van der Waals surface area contributed by atoms with E-state index in [2.05, 4.69) is 60.0 Å². The molecule has 3 N–H and O–H groups in total. The number of benzene rings is 2. The molecule has 3 rings (SSSR count). The first-order chi connectivity index (χ1) is 10.4. The van der Waals surface area contributed by atoms with Gasteiger partial charge in [0.1, 0.15) is 0 Å². The second-order valence-corrected chi connectivity index (χ2v) is 5.99. The average Bonchev–Trinajstić information content (AvgIpc) is 2.97. The van der Waals surface area contributed by atoms with Crippen LogP contribution < -0.4 is 11.3 Å². The van der Waals surface area contributed by atoms with Crippen LogP contribution >= 0.6 is 0 Å². The third-order valence-electron chi connectivity index (χ3n) is 4.70. The van der Waals surface area contributed by atoms with E-state index >= 15 is 0 Å². The minimum Gasteiger partial charge on any atom is -0.271 e. The number of fused-ring (bicyclic) bond motifs is 1. The number of aryl methyl sites for hydroxylation is 2. The summed E-state index contributed by atoms with van der Waals surface area (Å²) in [6.45, 7) is 0. The average molecular weight is 280 g/mol. The van der Waals surface area contributed by atoms with Crippen molar-refractivity contribution in [2.75, 3.05) is 0 Å². The van der Waals surface area contributed by atoms with E-state index < -0.39 is 0 Å². The second kappa shape index (κ2) is 6.88. The van der Waals surface area contributed by atoms with Crippen molar-refractivity contribution in [3.05, 3.63) is 71.3 Å². The Morgan fingerprint density at radius 3 is 2.62 bits per heavy atom. The van der Waals surface area contributed by atoms with E-state index in [9.17, 15) is 0 Å². The number of nitrogens with two attached hydrogens (primary N) is 1. The molecule has 2 aromatic rings. The zero-order valence-electron chi connectivity index (χ0n) is 12.5. The van der Waals surface area contributed by atoms with Gasteiger partial charge in [-0.05, 0) is 48.8 Å². The Labute approximate surface area is 127 Å². The standard InChI is InChI=1S/C19H24N2/c20-21-19(12-6-9-15-7-2-1-3-8-15)18-14-13-16-10-4-5-11-17(16)18/h1-5,7-8,10-11,18-19,21H,6,9,12-14,20H2. The Morgan fingerprint density at radius 1 is 1.05 bits per heavy atom. The molecule has 0 bridgehead atoms. The van der Waals surface area contributed by atoms with Gasteiger partial charge in [0.2, 0.25) is 0 Å². The van der Waals surface area contributed by atoms with Crippen LogP contribution in [0.2, 0.25) is 0 Å². The molecule has 0 spiro atoms. The lowest BCUT2D eigenvalue weighted by Crippen LogP contribution is -2.39. The summed E-state index contributed by atoms with van der Waals surface area (Å²) >= 11 is 0. The van der Waals surface area contributed by atoms with E-state index in [4.69, 9.17) is 5.84 Å². The number of nitrogens with one attached hydrogen (secondary N) is 1. The van der Waals surface area contributed by atoms with Crippen molar-refractivity contribution in [1.82, 2.24) is 5.43 Å². The van der Waals surface area contributed by atoms with Crippen LogP contribution in [0.5, 0.6) is 0 Å². The highest BCUT2D eigenvalue weighted by Gasteiger charge is 2.28. The third-order valence-corrected chi connectivity index (χ3v) is 4.70. The van der Waals surface area contributed by atoms with E-state index in [-0.39, 0.29) is 0 Å². The van der Waals surface area contributed by atoms with Crippen molar-refractivity contribution in [3.63, 3.8) is 0 Å². The highest BCUT2D eigenvalue weighted by Crippen LogP contribution is 2.36. The number of hydrogen-bond acceptors (Lipinski definition) is 2. The fraction of sp³-hybridized carbons (Fsp3) is 0.368. The van der Waals surface area contributed by atoms with Gasteiger partial charge in [0.05, 0.1) is 0 Å². The molecule has 2 nitrogen and oxygen atoms in total. The van der Waals surface area contributed by atoms with E-state index in [0.29, 0.717) is 12.0 Å². The monoisotopic (exact) mass is 280 g/mol. The van der Waals surface area contributed by atoms with E-state index in [1.165, 1.54) is 36.0 Å². The van der Waals surface area contributed by atoms with Crippen LogP contribution in [-0.4, -0.2) is 6.04 Å². The van der Waals surface area contributed by atoms with Crippen molar-refractivity contribution < 1.29 is 0 Å². The van der Waals surface area contributed by atoms with Gasteiger partial charge in [0.15, 0.2) is 0 Å². The summed E-state index contributed by atoms with van der Waals surface area (Å²) in [5, 5.41) is 0. The fourth-order valence-electron chi connectivity index (χ4n) is 3.58. The molecule has 2 unspecified atom stereocenters. The zero-order valence-corrected chi connectivity index (χ0v) is 12.5. The smallest absolute Gasteiger partial charge is 0.0279 e. The second-order valence-electron chi connectivity index (χ2n) is 5.99. The van der Waals surface area contributed by atoms with Gasteiger partial charge in [-0.25, -0.2) is 0 Å². The van der Waals surface area contributed by atoms with Crippen LogP contribution in [-0.2, 0) is 12.8 Å². The lowest BCUT2D eigenvalue weighted by atomic mass is 9.89. The van der Waals surface area contributed by atoms with Crippen LogP contribution in [0.25, 0.3) is 0 Å². The topological polar surface area (TPSA) is 38.0 Å². The minimum absolute atomic E-state index is 0.386. The third kappa shape index (κ3) is 3.34. The first-order valence-electron chi connectivity index (χ1n) is 7.96. The Morgan fingerprint density at radius 2 is 1.81 bits per heavy atom. The largest absolute Gasteiger partial charge is 0.271 e. The molecule has 0 saturated heterocycles. The van der Waals surface area contributed by atoms with Crippen molar-refractivity contribution in [1.29, 1.82) is 0 Å². The predicted molar refractivity (Wildman–Crippen MR) is 88.0 cm³/mol. The Bertz CT molecular complexity index is 565. The number of hydrogen-bond donors (Lipinski definition) is 2. The van der Waals surface area contributed by atoms with Gasteiger partial charge in [-0.3, -0.25) is 11.3 Å². The molecule has 0 amide bonds. The molecule has 1 aliphatic carbocycles. The molecule has 0 fully saturated rings. The maximum absolute atomic E-state index is 5.84. The van der Waals surface area contributed by atoms with E-state index in [1.54, 1.807) is 0 Å². The van der Waals surface area contributed by atoms with Crippen LogP contribution in [0.3, 0.4) is 0 Å². The molecule has 1 aliphatic rings. The Kier molecular flexibility index (Phi) is 4.69. The molecule has 2 atom stereocenters. The lowest BCUT2D eigenvalue weighted by molar-refractivity contribution is 0.403. The SMILES string of the molecule is NNC(CCCc1ccccc1)C1CCc2ccccc21. The van der Waals surface area contributed by atoms with Crippen molar-refractivity contribution in [2.45, 2.75) is 44.1 Å². The van der Waals surface area contributed by atoms with Gasteiger partial charge < -0.3 is 0 Å². The van der Waals surface area contributed by atoms with Crippen LogP contribution in [0.4, 0.5) is 0 Å². The summed E-state index contributed by atoms with van der Waals surface area (Å²) in [6.07, 6.45) is 5.85. The molecular formula is C19H24N2. The van der Waals surface area contributed by atoms with Crippen LogP contribution in [0, 0.1) is 0 Å². The fourth-order valence-corrected chi connectivity index (χ4v) is 3.58. The maximum Gasteiger partial charge on any atom is 0.0279 e.